The van der Waals surface area contributed by atoms with Crippen LogP contribution in [0.1, 0.15) is 5.01 Å². The first kappa shape index (κ1) is 9.24. The molecule has 0 aliphatic heterocycles. The van der Waals surface area contributed by atoms with Crippen molar-refractivity contribution in [3.8, 4) is 0 Å². The van der Waals surface area contributed by atoms with Crippen LogP contribution >= 0.6 is 11.3 Å². The second kappa shape index (κ2) is 2.89. The molecule has 0 unspecified atom stereocenters. The maximum absolute atomic E-state index is 12.0. The zero-order chi connectivity index (χ0) is 9.35. The third-order valence-electron chi connectivity index (χ3n) is 1.04. The summed E-state index contributed by atoms with van der Waals surface area (Å²) in [7, 11) is 3.22. The van der Waals surface area contributed by atoms with E-state index in [0.29, 0.717) is 11.3 Å². The summed E-state index contributed by atoms with van der Waals surface area (Å²) in [6.45, 7) is 0. The van der Waals surface area contributed by atoms with Crippen molar-refractivity contribution in [3.63, 3.8) is 0 Å². The van der Waals surface area contributed by atoms with E-state index in [9.17, 15) is 13.2 Å². The van der Waals surface area contributed by atoms with Gasteiger partial charge in [-0.15, -0.1) is 10.2 Å². The highest BCUT2D eigenvalue weighted by atomic mass is 32.1. The van der Waals surface area contributed by atoms with E-state index in [1.807, 2.05) is 0 Å². The van der Waals surface area contributed by atoms with Gasteiger partial charge in [-0.2, -0.15) is 13.2 Å². The lowest BCUT2D eigenvalue weighted by Gasteiger charge is -2.04. The molecular formula is C5H6F3N3S. The van der Waals surface area contributed by atoms with Gasteiger partial charge in [0.05, 0.1) is 0 Å². The number of rotatable bonds is 1. The number of anilines is 1. The van der Waals surface area contributed by atoms with Crippen LogP contribution in [0.5, 0.6) is 0 Å². The number of alkyl halides is 3. The molecule has 0 N–H and O–H groups in total. The highest BCUT2D eigenvalue weighted by Crippen LogP contribution is 2.33. The van der Waals surface area contributed by atoms with Crippen LogP contribution < -0.4 is 4.90 Å². The fourth-order valence-corrected chi connectivity index (χ4v) is 1.15. The fourth-order valence-electron chi connectivity index (χ4n) is 0.511. The van der Waals surface area contributed by atoms with Gasteiger partial charge in [0, 0.05) is 14.1 Å². The lowest BCUT2D eigenvalue weighted by atomic mass is 10.7. The first-order chi connectivity index (χ1) is 5.41. The van der Waals surface area contributed by atoms with Crippen molar-refractivity contribution in [3.05, 3.63) is 5.01 Å². The van der Waals surface area contributed by atoms with Gasteiger partial charge in [0.15, 0.2) is 0 Å². The predicted octanol–water partition coefficient (Wildman–Crippen LogP) is 1.62. The Morgan fingerprint density at radius 1 is 1.25 bits per heavy atom. The highest BCUT2D eigenvalue weighted by molar-refractivity contribution is 7.15. The number of halogens is 3. The van der Waals surface area contributed by atoms with Crippen LogP contribution in [-0.2, 0) is 6.18 Å². The van der Waals surface area contributed by atoms with E-state index >= 15 is 0 Å². The Labute approximate surface area is 70.8 Å². The quantitative estimate of drug-likeness (QED) is 0.685. The molecule has 68 valence electrons. The van der Waals surface area contributed by atoms with Crippen LogP contribution in [0.2, 0.25) is 0 Å². The van der Waals surface area contributed by atoms with Gasteiger partial charge >= 0.3 is 6.18 Å². The molecule has 1 heterocycles. The SMILES string of the molecule is CN(C)c1nnc(C(F)(F)F)s1. The van der Waals surface area contributed by atoms with Crippen LogP contribution in [0.4, 0.5) is 18.3 Å². The molecule has 1 aromatic heterocycles. The molecule has 0 aromatic carbocycles. The summed E-state index contributed by atoms with van der Waals surface area (Å²) in [5.41, 5.74) is 0. The van der Waals surface area contributed by atoms with Gasteiger partial charge < -0.3 is 4.90 Å². The lowest BCUT2D eigenvalue weighted by molar-refractivity contribution is -0.138. The molecule has 0 spiro atoms. The standard InChI is InChI=1S/C5H6F3N3S/c1-11(2)4-10-9-3(12-4)5(6,7)8/h1-2H3. The molecule has 12 heavy (non-hydrogen) atoms. The summed E-state index contributed by atoms with van der Waals surface area (Å²) in [5, 5.41) is 5.71. The van der Waals surface area contributed by atoms with Crippen LogP contribution in [0.25, 0.3) is 0 Å². The van der Waals surface area contributed by atoms with Crippen molar-refractivity contribution in [2.24, 2.45) is 0 Å². The van der Waals surface area contributed by atoms with E-state index in [-0.39, 0.29) is 5.13 Å². The second-order valence-corrected chi connectivity index (χ2v) is 3.24. The predicted molar refractivity (Wildman–Crippen MR) is 39.2 cm³/mol. The van der Waals surface area contributed by atoms with Gasteiger partial charge in [0.1, 0.15) is 0 Å². The number of hydrogen-bond acceptors (Lipinski definition) is 4. The smallest absolute Gasteiger partial charge is 0.353 e. The Hall–Kier alpha value is -0.850. The Balaban J connectivity index is 2.92. The molecule has 0 atom stereocenters. The molecule has 0 fully saturated rings. The van der Waals surface area contributed by atoms with Gasteiger partial charge in [0.25, 0.3) is 0 Å². The Morgan fingerprint density at radius 3 is 2.08 bits per heavy atom. The van der Waals surface area contributed by atoms with Crippen LogP contribution in [0.15, 0.2) is 0 Å². The molecule has 0 aliphatic carbocycles. The molecule has 0 radical (unpaired) electrons. The zero-order valence-corrected chi connectivity index (χ0v) is 7.20. The highest BCUT2D eigenvalue weighted by Gasteiger charge is 2.35. The molecule has 7 heteroatoms. The number of aromatic nitrogens is 2. The van der Waals surface area contributed by atoms with Gasteiger partial charge in [-0.25, -0.2) is 0 Å². The van der Waals surface area contributed by atoms with Gasteiger partial charge in [-0.3, -0.25) is 0 Å². The third-order valence-corrected chi connectivity index (χ3v) is 2.18. The van der Waals surface area contributed by atoms with E-state index in [2.05, 4.69) is 10.2 Å². The van der Waals surface area contributed by atoms with Crippen LogP contribution in [0.3, 0.4) is 0 Å². The normalized spacial score (nSPS) is 11.8. The van der Waals surface area contributed by atoms with Gasteiger partial charge in [-0.05, 0) is 0 Å². The minimum Gasteiger partial charge on any atom is -0.353 e. The monoisotopic (exact) mass is 197 g/mol. The van der Waals surface area contributed by atoms with Crippen molar-refractivity contribution < 1.29 is 13.2 Å². The fraction of sp³-hybridized carbons (Fsp3) is 0.600. The summed E-state index contributed by atoms with van der Waals surface area (Å²) < 4.78 is 35.9. The van der Waals surface area contributed by atoms with E-state index in [0.717, 1.165) is 0 Å². The number of nitrogens with zero attached hydrogens (tertiary/aromatic N) is 3. The van der Waals surface area contributed by atoms with Crippen molar-refractivity contribution in [1.82, 2.24) is 10.2 Å². The number of hydrogen-bond donors (Lipinski definition) is 0. The molecular weight excluding hydrogens is 191 g/mol. The first-order valence-electron chi connectivity index (χ1n) is 2.99. The Kier molecular flexibility index (Phi) is 2.22. The van der Waals surface area contributed by atoms with Crippen molar-refractivity contribution >= 4 is 16.5 Å². The van der Waals surface area contributed by atoms with Crippen LogP contribution in [0, 0.1) is 0 Å². The summed E-state index contributed by atoms with van der Waals surface area (Å²) in [4.78, 5) is 1.48. The topological polar surface area (TPSA) is 29.0 Å². The molecule has 1 rings (SSSR count). The molecule has 0 amide bonds. The van der Waals surface area contributed by atoms with E-state index in [4.69, 9.17) is 0 Å². The van der Waals surface area contributed by atoms with Crippen LogP contribution in [-0.4, -0.2) is 24.3 Å². The summed E-state index contributed by atoms with van der Waals surface area (Å²) in [6, 6.07) is 0. The molecule has 0 bridgehead atoms. The average Bonchev–Trinajstić information content (AvgIpc) is 2.30. The minimum absolute atomic E-state index is 0.252. The molecule has 0 saturated carbocycles. The van der Waals surface area contributed by atoms with E-state index in [1.54, 1.807) is 14.1 Å². The van der Waals surface area contributed by atoms with Crippen molar-refractivity contribution in [2.75, 3.05) is 19.0 Å². The Bertz CT molecular complexity index is 267. The van der Waals surface area contributed by atoms with Gasteiger partial charge in [-0.1, -0.05) is 11.3 Å². The molecule has 0 saturated heterocycles. The largest absolute Gasteiger partial charge is 0.445 e. The second-order valence-electron chi connectivity index (χ2n) is 2.28. The summed E-state index contributed by atoms with van der Waals surface area (Å²) >= 11 is 0.527. The van der Waals surface area contributed by atoms with Gasteiger partial charge in [0.2, 0.25) is 10.1 Å². The molecule has 1 aromatic rings. The molecule has 3 nitrogen and oxygen atoms in total. The van der Waals surface area contributed by atoms with E-state index in [1.165, 1.54) is 4.90 Å². The maximum Gasteiger partial charge on any atom is 0.445 e. The minimum atomic E-state index is -4.38. The van der Waals surface area contributed by atoms with Crippen molar-refractivity contribution in [2.45, 2.75) is 6.18 Å². The third kappa shape index (κ3) is 1.84. The zero-order valence-electron chi connectivity index (χ0n) is 6.38. The first-order valence-corrected chi connectivity index (χ1v) is 3.81. The van der Waals surface area contributed by atoms with E-state index < -0.39 is 11.2 Å². The summed E-state index contributed by atoms with van der Waals surface area (Å²) in [5.74, 6) is 0. The summed E-state index contributed by atoms with van der Waals surface area (Å²) in [6.07, 6.45) is -4.38. The maximum atomic E-state index is 12.0. The molecule has 0 aliphatic rings. The average molecular weight is 197 g/mol. The Morgan fingerprint density at radius 2 is 1.83 bits per heavy atom. The van der Waals surface area contributed by atoms with Crippen molar-refractivity contribution in [1.29, 1.82) is 0 Å². The lowest BCUT2D eigenvalue weighted by Crippen LogP contribution is -2.07.